The minimum Gasteiger partial charge on any atom is -0.368 e. The number of aromatic amines is 1. The van der Waals surface area contributed by atoms with E-state index in [4.69, 9.17) is 5.73 Å². The first-order chi connectivity index (χ1) is 8.15. The predicted octanol–water partition coefficient (Wildman–Crippen LogP) is 0.133. The second-order valence-corrected chi connectivity index (χ2v) is 3.66. The zero-order valence-electron chi connectivity index (χ0n) is 9.34. The molecule has 0 aliphatic rings. The van der Waals surface area contributed by atoms with E-state index >= 15 is 0 Å². The molecule has 3 aromatic rings. The summed E-state index contributed by atoms with van der Waals surface area (Å²) in [5, 5.41) is 11.7. The Balaban J connectivity index is 2.36. The van der Waals surface area contributed by atoms with Crippen LogP contribution in [0.5, 0.6) is 0 Å². The first-order valence-corrected chi connectivity index (χ1v) is 5.02. The standard InChI is InChI=1S/C9H10N8/c1-4-12-5(2)17(16-4)8-6-3-11-15-7(6)13-9(10)14-8/h3H,1-2H3,(H3,10,11,13,14,15). The smallest absolute Gasteiger partial charge is 0.224 e. The highest BCUT2D eigenvalue weighted by Gasteiger charge is 2.13. The number of nitrogen functional groups attached to an aromatic ring is 1. The summed E-state index contributed by atoms with van der Waals surface area (Å²) in [6, 6.07) is 0. The molecule has 0 aliphatic carbocycles. The van der Waals surface area contributed by atoms with Crippen LogP contribution < -0.4 is 5.73 Å². The van der Waals surface area contributed by atoms with Gasteiger partial charge in [0.05, 0.1) is 11.6 Å². The molecule has 0 radical (unpaired) electrons. The average Bonchev–Trinajstić information content (AvgIpc) is 2.83. The number of nitrogens with zero attached hydrogens (tertiary/aromatic N) is 6. The lowest BCUT2D eigenvalue weighted by atomic mass is 10.4. The van der Waals surface area contributed by atoms with E-state index in [1.807, 2.05) is 13.8 Å². The van der Waals surface area contributed by atoms with E-state index in [-0.39, 0.29) is 5.95 Å². The molecular formula is C9H10N8. The van der Waals surface area contributed by atoms with Gasteiger partial charge in [-0.15, -0.1) is 5.10 Å². The lowest BCUT2D eigenvalue weighted by molar-refractivity contribution is 0.810. The monoisotopic (exact) mass is 230 g/mol. The minimum absolute atomic E-state index is 0.171. The quantitative estimate of drug-likeness (QED) is 0.614. The summed E-state index contributed by atoms with van der Waals surface area (Å²) in [5.41, 5.74) is 6.23. The minimum atomic E-state index is 0.171. The highest BCUT2D eigenvalue weighted by atomic mass is 15.4. The van der Waals surface area contributed by atoms with Crippen molar-refractivity contribution in [1.29, 1.82) is 0 Å². The molecule has 86 valence electrons. The molecule has 0 saturated heterocycles. The van der Waals surface area contributed by atoms with Crippen molar-refractivity contribution in [1.82, 2.24) is 34.9 Å². The molecule has 0 aromatic carbocycles. The molecule has 8 nitrogen and oxygen atoms in total. The van der Waals surface area contributed by atoms with Gasteiger partial charge in [0.2, 0.25) is 5.95 Å². The lowest BCUT2D eigenvalue weighted by Gasteiger charge is -2.03. The molecule has 3 rings (SSSR count). The van der Waals surface area contributed by atoms with E-state index in [2.05, 4.69) is 30.2 Å². The largest absolute Gasteiger partial charge is 0.368 e. The van der Waals surface area contributed by atoms with Gasteiger partial charge in [-0.2, -0.15) is 19.7 Å². The number of fused-ring (bicyclic) bond motifs is 1. The second-order valence-electron chi connectivity index (χ2n) is 3.66. The van der Waals surface area contributed by atoms with Gasteiger partial charge in [0.15, 0.2) is 11.5 Å². The Bertz CT molecular complexity index is 694. The van der Waals surface area contributed by atoms with Crippen LogP contribution in [0.1, 0.15) is 11.6 Å². The van der Waals surface area contributed by atoms with Gasteiger partial charge in [-0.25, -0.2) is 4.98 Å². The summed E-state index contributed by atoms with van der Waals surface area (Å²) in [4.78, 5) is 12.5. The van der Waals surface area contributed by atoms with Crippen molar-refractivity contribution in [3.8, 4) is 5.82 Å². The van der Waals surface area contributed by atoms with Gasteiger partial charge < -0.3 is 5.73 Å². The maximum atomic E-state index is 5.65. The maximum Gasteiger partial charge on any atom is 0.224 e. The third kappa shape index (κ3) is 1.41. The highest BCUT2D eigenvalue weighted by Crippen LogP contribution is 2.18. The van der Waals surface area contributed by atoms with Gasteiger partial charge in [-0.3, -0.25) is 5.10 Å². The van der Waals surface area contributed by atoms with E-state index in [0.29, 0.717) is 17.3 Å². The number of aromatic nitrogens is 7. The first-order valence-electron chi connectivity index (χ1n) is 5.02. The van der Waals surface area contributed by atoms with Crippen LogP contribution in [0.2, 0.25) is 0 Å². The van der Waals surface area contributed by atoms with Crippen molar-refractivity contribution >= 4 is 17.0 Å². The average molecular weight is 230 g/mol. The Morgan fingerprint density at radius 1 is 1.24 bits per heavy atom. The van der Waals surface area contributed by atoms with Gasteiger partial charge >= 0.3 is 0 Å². The molecule has 0 atom stereocenters. The number of anilines is 1. The Hall–Kier alpha value is -2.51. The fourth-order valence-corrected chi connectivity index (χ4v) is 1.72. The molecular weight excluding hydrogens is 220 g/mol. The van der Waals surface area contributed by atoms with Crippen LogP contribution in [0.25, 0.3) is 16.9 Å². The zero-order chi connectivity index (χ0) is 12.0. The molecule has 0 amide bonds. The topological polar surface area (TPSA) is 111 Å². The summed E-state index contributed by atoms with van der Waals surface area (Å²) >= 11 is 0. The maximum absolute atomic E-state index is 5.65. The molecule has 0 saturated carbocycles. The third-order valence-corrected chi connectivity index (χ3v) is 2.38. The van der Waals surface area contributed by atoms with Crippen LogP contribution in [0.3, 0.4) is 0 Å². The van der Waals surface area contributed by atoms with Gasteiger partial charge in [0.1, 0.15) is 11.6 Å². The molecule has 0 aliphatic heterocycles. The third-order valence-electron chi connectivity index (χ3n) is 2.38. The molecule has 17 heavy (non-hydrogen) atoms. The van der Waals surface area contributed by atoms with Crippen LogP contribution in [-0.2, 0) is 0 Å². The van der Waals surface area contributed by atoms with Gasteiger partial charge in [0.25, 0.3) is 0 Å². The molecule has 0 spiro atoms. The normalized spacial score (nSPS) is 11.2. The zero-order valence-corrected chi connectivity index (χ0v) is 9.34. The number of nitrogens with one attached hydrogen (secondary N) is 1. The van der Waals surface area contributed by atoms with Gasteiger partial charge in [-0.1, -0.05) is 0 Å². The van der Waals surface area contributed by atoms with Gasteiger partial charge in [-0.05, 0) is 13.8 Å². The van der Waals surface area contributed by atoms with E-state index in [1.165, 1.54) is 0 Å². The molecule has 8 heteroatoms. The van der Waals surface area contributed by atoms with Crippen LogP contribution in [0.4, 0.5) is 5.95 Å². The molecule has 3 heterocycles. The van der Waals surface area contributed by atoms with E-state index in [0.717, 1.165) is 11.2 Å². The molecule has 0 unspecified atom stereocenters. The molecule has 3 N–H and O–H groups in total. The van der Waals surface area contributed by atoms with Crippen molar-refractivity contribution in [2.24, 2.45) is 0 Å². The number of hydrogen-bond donors (Lipinski definition) is 2. The van der Waals surface area contributed by atoms with Crippen molar-refractivity contribution in [2.75, 3.05) is 5.73 Å². The fraction of sp³-hybridized carbons (Fsp3) is 0.222. The summed E-state index contributed by atoms with van der Waals surface area (Å²) in [6.45, 7) is 3.67. The Morgan fingerprint density at radius 3 is 2.76 bits per heavy atom. The highest BCUT2D eigenvalue weighted by molar-refractivity contribution is 5.82. The van der Waals surface area contributed by atoms with Crippen LogP contribution in [0, 0.1) is 13.8 Å². The summed E-state index contributed by atoms with van der Waals surface area (Å²) in [7, 11) is 0. The molecule has 0 bridgehead atoms. The van der Waals surface area contributed by atoms with E-state index in [1.54, 1.807) is 10.9 Å². The van der Waals surface area contributed by atoms with Crippen LogP contribution in [0.15, 0.2) is 6.20 Å². The Morgan fingerprint density at radius 2 is 2.06 bits per heavy atom. The number of H-pyrrole nitrogens is 1. The summed E-state index contributed by atoms with van der Waals surface area (Å²) in [5.74, 6) is 2.17. The molecule has 3 aromatic heterocycles. The van der Waals surface area contributed by atoms with Gasteiger partial charge in [0, 0.05) is 0 Å². The van der Waals surface area contributed by atoms with Crippen molar-refractivity contribution in [3.63, 3.8) is 0 Å². The number of aryl methyl sites for hydroxylation is 2. The number of nitrogens with two attached hydrogens (primary N) is 1. The van der Waals surface area contributed by atoms with E-state index in [9.17, 15) is 0 Å². The molecule has 0 fully saturated rings. The number of hydrogen-bond acceptors (Lipinski definition) is 6. The predicted molar refractivity (Wildman–Crippen MR) is 60.5 cm³/mol. The first kappa shape index (κ1) is 9.70. The Labute approximate surface area is 95.9 Å². The number of rotatable bonds is 1. The van der Waals surface area contributed by atoms with Crippen molar-refractivity contribution in [2.45, 2.75) is 13.8 Å². The van der Waals surface area contributed by atoms with Crippen molar-refractivity contribution < 1.29 is 0 Å². The van der Waals surface area contributed by atoms with E-state index < -0.39 is 0 Å². The summed E-state index contributed by atoms with van der Waals surface area (Å²) in [6.07, 6.45) is 1.64. The fourth-order valence-electron chi connectivity index (χ4n) is 1.72. The van der Waals surface area contributed by atoms with Crippen molar-refractivity contribution in [3.05, 3.63) is 17.8 Å². The second kappa shape index (κ2) is 3.24. The summed E-state index contributed by atoms with van der Waals surface area (Å²) < 4.78 is 1.63. The van der Waals surface area contributed by atoms with Crippen LogP contribution >= 0.6 is 0 Å². The SMILES string of the molecule is Cc1nc(C)n(-c2nc(N)nc3[nH]ncc23)n1. The Kier molecular flexibility index (Phi) is 1.85. The van der Waals surface area contributed by atoms with Crippen LogP contribution in [-0.4, -0.2) is 34.9 Å². The lowest BCUT2D eigenvalue weighted by Crippen LogP contribution is -2.06.